The van der Waals surface area contributed by atoms with E-state index in [9.17, 15) is 14.7 Å². The second-order valence-electron chi connectivity index (χ2n) is 4.50. The first kappa shape index (κ1) is 11.8. The van der Waals surface area contributed by atoms with E-state index in [-0.39, 0.29) is 12.3 Å². The van der Waals surface area contributed by atoms with Crippen LogP contribution in [0, 0.1) is 0 Å². The first-order chi connectivity index (χ1) is 7.96. The van der Waals surface area contributed by atoms with Gasteiger partial charge in [-0.15, -0.1) is 0 Å². The van der Waals surface area contributed by atoms with Gasteiger partial charge in [-0.3, -0.25) is 19.8 Å². The van der Waals surface area contributed by atoms with Gasteiger partial charge in [0.15, 0.2) is 5.76 Å². The minimum absolute atomic E-state index is 0.0998. The highest BCUT2D eigenvalue weighted by molar-refractivity contribution is 6.03. The number of aliphatic hydroxyl groups is 1. The van der Waals surface area contributed by atoms with E-state index < -0.39 is 17.4 Å². The fourth-order valence-corrected chi connectivity index (χ4v) is 1.87. The molecule has 0 aliphatic carbocycles. The number of hydrogen-bond acceptors (Lipinski definition) is 5. The molecule has 2 amide bonds. The van der Waals surface area contributed by atoms with E-state index in [4.69, 9.17) is 4.42 Å². The van der Waals surface area contributed by atoms with Gasteiger partial charge in [-0.25, -0.2) is 0 Å². The van der Waals surface area contributed by atoms with E-state index in [2.05, 4.69) is 5.32 Å². The van der Waals surface area contributed by atoms with Gasteiger partial charge in [-0.2, -0.15) is 0 Å². The van der Waals surface area contributed by atoms with Gasteiger partial charge in [0.2, 0.25) is 5.91 Å². The predicted octanol–water partition coefficient (Wildman–Crippen LogP) is -0.397. The monoisotopic (exact) mass is 238 g/mol. The highest BCUT2D eigenvalue weighted by atomic mass is 16.3. The third kappa shape index (κ3) is 2.92. The molecule has 0 radical (unpaired) electrons. The lowest BCUT2D eigenvalue weighted by Crippen LogP contribution is -2.61. The van der Waals surface area contributed by atoms with Crippen molar-refractivity contribution >= 4 is 11.8 Å². The third-order valence-corrected chi connectivity index (χ3v) is 2.49. The van der Waals surface area contributed by atoms with Crippen molar-refractivity contribution in [3.05, 3.63) is 24.2 Å². The topological polar surface area (TPSA) is 82.8 Å². The molecule has 0 atom stereocenters. The fourth-order valence-electron chi connectivity index (χ4n) is 1.87. The van der Waals surface area contributed by atoms with E-state index in [1.807, 2.05) is 0 Å². The molecule has 1 aromatic heterocycles. The summed E-state index contributed by atoms with van der Waals surface area (Å²) in [7, 11) is 0. The fraction of sp³-hybridized carbons (Fsp3) is 0.455. The van der Waals surface area contributed by atoms with Crippen molar-refractivity contribution in [2.45, 2.75) is 12.5 Å². The number of imide groups is 1. The average Bonchev–Trinajstić information content (AvgIpc) is 2.66. The molecule has 0 spiro atoms. The molecule has 0 unspecified atom stereocenters. The third-order valence-electron chi connectivity index (χ3n) is 2.49. The van der Waals surface area contributed by atoms with Gasteiger partial charge in [0, 0.05) is 13.1 Å². The molecule has 6 nitrogen and oxygen atoms in total. The molecule has 1 aromatic rings. The zero-order valence-electron chi connectivity index (χ0n) is 9.47. The number of hydrogen-bond donors (Lipinski definition) is 2. The molecule has 17 heavy (non-hydrogen) atoms. The lowest BCUT2D eigenvalue weighted by molar-refractivity contribution is -0.129. The Morgan fingerprint density at radius 1 is 1.59 bits per heavy atom. The standard InChI is InChI=1S/C11H14N2O4/c1-11(16)6-13(7-11)5-9(14)12-10(15)8-3-2-4-17-8/h2-4,16H,5-7H2,1H3,(H,12,14,15). The molecule has 0 saturated carbocycles. The van der Waals surface area contributed by atoms with Gasteiger partial charge < -0.3 is 9.52 Å². The zero-order valence-corrected chi connectivity index (χ0v) is 9.47. The SMILES string of the molecule is CC1(O)CN(CC(=O)NC(=O)c2ccco2)C1. The number of furan rings is 1. The zero-order chi connectivity index (χ0) is 12.5. The lowest BCUT2D eigenvalue weighted by Gasteiger charge is -2.43. The first-order valence-corrected chi connectivity index (χ1v) is 5.29. The molecule has 2 N–H and O–H groups in total. The Bertz CT molecular complexity index is 417. The number of amides is 2. The van der Waals surface area contributed by atoms with Crippen LogP contribution in [-0.4, -0.2) is 47.1 Å². The summed E-state index contributed by atoms with van der Waals surface area (Å²) < 4.78 is 4.86. The van der Waals surface area contributed by atoms with Gasteiger partial charge in [-0.1, -0.05) is 0 Å². The maximum atomic E-state index is 11.5. The van der Waals surface area contributed by atoms with E-state index in [1.165, 1.54) is 12.3 Å². The largest absolute Gasteiger partial charge is 0.459 e. The van der Waals surface area contributed by atoms with Crippen molar-refractivity contribution in [2.24, 2.45) is 0 Å². The number of likely N-dealkylation sites (tertiary alicyclic amines) is 1. The van der Waals surface area contributed by atoms with Crippen molar-refractivity contribution in [3.8, 4) is 0 Å². The highest BCUT2D eigenvalue weighted by Gasteiger charge is 2.37. The summed E-state index contributed by atoms with van der Waals surface area (Å²) in [6.45, 7) is 2.68. The van der Waals surface area contributed by atoms with E-state index in [0.29, 0.717) is 13.1 Å². The Morgan fingerprint density at radius 2 is 2.29 bits per heavy atom. The van der Waals surface area contributed by atoms with Crippen molar-refractivity contribution in [1.82, 2.24) is 10.2 Å². The van der Waals surface area contributed by atoms with Gasteiger partial charge in [-0.05, 0) is 19.1 Å². The summed E-state index contributed by atoms with van der Waals surface area (Å²) in [6.07, 6.45) is 1.37. The summed E-state index contributed by atoms with van der Waals surface area (Å²) in [6, 6.07) is 3.06. The van der Waals surface area contributed by atoms with Crippen LogP contribution in [0.2, 0.25) is 0 Å². The predicted molar refractivity (Wildman–Crippen MR) is 58.2 cm³/mol. The van der Waals surface area contributed by atoms with Crippen LogP contribution >= 0.6 is 0 Å². The smallest absolute Gasteiger partial charge is 0.293 e. The van der Waals surface area contributed by atoms with E-state index in [1.54, 1.807) is 17.9 Å². The number of rotatable bonds is 3. The summed E-state index contributed by atoms with van der Waals surface area (Å²) in [5.41, 5.74) is -0.717. The molecule has 6 heteroatoms. The molecule has 1 aliphatic rings. The quantitative estimate of drug-likeness (QED) is 0.749. The second-order valence-corrected chi connectivity index (χ2v) is 4.50. The molecular formula is C11H14N2O4. The Morgan fingerprint density at radius 3 is 2.82 bits per heavy atom. The lowest BCUT2D eigenvalue weighted by atomic mass is 9.97. The average molecular weight is 238 g/mol. The van der Waals surface area contributed by atoms with Crippen LogP contribution < -0.4 is 5.32 Å². The number of β-amino-alcohol motifs (C(OH)–C–C–N with tert-alkyl or cyclic N) is 1. The Labute approximate surface area is 98.2 Å². The maximum Gasteiger partial charge on any atom is 0.293 e. The maximum absolute atomic E-state index is 11.5. The molecule has 2 rings (SSSR count). The van der Waals surface area contributed by atoms with Gasteiger partial charge in [0.05, 0.1) is 18.4 Å². The van der Waals surface area contributed by atoms with Gasteiger partial charge in [0.25, 0.3) is 5.91 Å². The Balaban J connectivity index is 1.77. The van der Waals surface area contributed by atoms with Crippen LogP contribution in [0.4, 0.5) is 0 Å². The molecule has 1 saturated heterocycles. The number of carbonyl (C=O) groups excluding carboxylic acids is 2. The number of nitrogens with zero attached hydrogens (tertiary/aromatic N) is 1. The van der Waals surface area contributed by atoms with Crippen LogP contribution in [0.5, 0.6) is 0 Å². The van der Waals surface area contributed by atoms with E-state index >= 15 is 0 Å². The van der Waals surface area contributed by atoms with E-state index in [0.717, 1.165) is 0 Å². The van der Waals surface area contributed by atoms with Crippen LogP contribution in [-0.2, 0) is 4.79 Å². The van der Waals surface area contributed by atoms with Crippen LogP contribution in [0.3, 0.4) is 0 Å². The van der Waals surface area contributed by atoms with Gasteiger partial charge >= 0.3 is 0 Å². The number of nitrogens with one attached hydrogen (secondary N) is 1. The normalized spacial score (nSPS) is 18.5. The molecule has 2 heterocycles. The van der Waals surface area contributed by atoms with Crippen LogP contribution in [0.1, 0.15) is 17.5 Å². The Kier molecular flexibility index (Phi) is 2.99. The molecule has 1 fully saturated rings. The second kappa shape index (κ2) is 4.31. The summed E-state index contributed by atoms with van der Waals surface area (Å²) in [5.74, 6) is -0.844. The highest BCUT2D eigenvalue weighted by Crippen LogP contribution is 2.18. The number of carbonyl (C=O) groups is 2. The molecule has 92 valence electrons. The molecule has 0 bridgehead atoms. The van der Waals surface area contributed by atoms with Crippen LogP contribution in [0.25, 0.3) is 0 Å². The van der Waals surface area contributed by atoms with Crippen molar-refractivity contribution in [2.75, 3.05) is 19.6 Å². The van der Waals surface area contributed by atoms with Crippen molar-refractivity contribution in [3.63, 3.8) is 0 Å². The van der Waals surface area contributed by atoms with Gasteiger partial charge in [0.1, 0.15) is 0 Å². The Hall–Kier alpha value is -1.66. The molecule has 1 aliphatic heterocycles. The minimum Gasteiger partial charge on any atom is -0.459 e. The summed E-state index contributed by atoms with van der Waals surface area (Å²) in [4.78, 5) is 24.7. The minimum atomic E-state index is -0.717. The van der Waals surface area contributed by atoms with Crippen molar-refractivity contribution < 1.29 is 19.1 Å². The summed E-state index contributed by atoms with van der Waals surface area (Å²) >= 11 is 0. The molecular weight excluding hydrogens is 224 g/mol. The van der Waals surface area contributed by atoms with Crippen molar-refractivity contribution in [1.29, 1.82) is 0 Å². The van der Waals surface area contributed by atoms with Crippen LogP contribution in [0.15, 0.2) is 22.8 Å². The summed E-state index contributed by atoms with van der Waals surface area (Å²) in [5, 5.41) is 11.7. The first-order valence-electron chi connectivity index (χ1n) is 5.29. The molecule has 0 aromatic carbocycles.